The molecule has 0 N–H and O–H groups in total. The Morgan fingerprint density at radius 1 is 1.00 bits per heavy atom. The molecule has 5 heteroatoms. The molecular formula is C15H15N3O2. The Bertz CT molecular complexity index is 751. The first-order valence-corrected chi connectivity index (χ1v) is 6.28. The Labute approximate surface area is 116 Å². The van der Waals surface area contributed by atoms with Gasteiger partial charge >= 0.3 is 0 Å². The molecule has 0 aliphatic carbocycles. The number of hydrogen-bond donors (Lipinski definition) is 0. The molecule has 2 heterocycles. The van der Waals surface area contributed by atoms with E-state index in [4.69, 9.17) is 9.47 Å². The summed E-state index contributed by atoms with van der Waals surface area (Å²) in [5.41, 5.74) is 2.95. The van der Waals surface area contributed by atoms with Crippen molar-refractivity contribution in [1.82, 2.24) is 14.4 Å². The van der Waals surface area contributed by atoms with Gasteiger partial charge in [0.2, 0.25) is 17.5 Å². The quantitative estimate of drug-likeness (QED) is 0.733. The van der Waals surface area contributed by atoms with E-state index in [9.17, 15) is 0 Å². The number of aromatic nitrogens is 3. The molecular weight excluding hydrogens is 254 g/mol. The van der Waals surface area contributed by atoms with Gasteiger partial charge in [0, 0.05) is 5.56 Å². The minimum absolute atomic E-state index is 0.485. The van der Waals surface area contributed by atoms with E-state index < -0.39 is 0 Å². The zero-order valence-corrected chi connectivity index (χ0v) is 11.6. The number of rotatable bonds is 3. The number of methoxy groups -OCH3 is 2. The molecule has 0 aliphatic heterocycles. The number of benzene rings is 1. The summed E-state index contributed by atoms with van der Waals surface area (Å²) in [6.45, 7) is 1.96. The van der Waals surface area contributed by atoms with Gasteiger partial charge in [0.25, 0.3) is 0 Å². The molecule has 3 aromatic rings. The van der Waals surface area contributed by atoms with Gasteiger partial charge in [0.15, 0.2) is 0 Å². The van der Waals surface area contributed by atoms with Gasteiger partial charge in [-0.2, -0.15) is 4.98 Å². The first-order chi connectivity index (χ1) is 9.74. The van der Waals surface area contributed by atoms with Crippen LogP contribution in [0.1, 0.15) is 5.69 Å². The SMILES string of the molecule is COc1cc(OC)n2c(-c3ccccc3)c(C)nc2n1. The molecule has 0 bridgehead atoms. The third kappa shape index (κ3) is 1.87. The van der Waals surface area contributed by atoms with E-state index in [0.717, 1.165) is 17.0 Å². The van der Waals surface area contributed by atoms with Crippen molar-refractivity contribution in [2.75, 3.05) is 14.2 Å². The normalized spacial score (nSPS) is 10.8. The van der Waals surface area contributed by atoms with Crippen LogP contribution in [-0.2, 0) is 0 Å². The molecule has 0 amide bonds. The van der Waals surface area contributed by atoms with Crippen molar-refractivity contribution in [2.45, 2.75) is 6.92 Å². The maximum Gasteiger partial charge on any atom is 0.240 e. The second-order valence-corrected chi connectivity index (χ2v) is 4.39. The number of fused-ring (bicyclic) bond motifs is 1. The molecule has 1 aromatic carbocycles. The molecule has 0 atom stereocenters. The number of imidazole rings is 1. The van der Waals surface area contributed by atoms with Crippen molar-refractivity contribution in [3.05, 3.63) is 42.1 Å². The molecule has 0 aliphatic rings. The largest absolute Gasteiger partial charge is 0.482 e. The second-order valence-electron chi connectivity index (χ2n) is 4.39. The van der Waals surface area contributed by atoms with Crippen LogP contribution in [0.3, 0.4) is 0 Å². The van der Waals surface area contributed by atoms with Crippen LogP contribution in [0.2, 0.25) is 0 Å². The summed E-state index contributed by atoms with van der Waals surface area (Å²) in [6, 6.07) is 11.8. The Morgan fingerprint density at radius 2 is 1.75 bits per heavy atom. The summed E-state index contributed by atoms with van der Waals surface area (Å²) >= 11 is 0. The van der Waals surface area contributed by atoms with E-state index in [1.807, 2.05) is 41.7 Å². The van der Waals surface area contributed by atoms with Gasteiger partial charge < -0.3 is 9.47 Å². The smallest absolute Gasteiger partial charge is 0.240 e. The van der Waals surface area contributed by atoms with E-state index in [2.05, 4.69) is 9.97 Å². The van der Waals surface area contributed by atoms with Crippen molar-refractivity contribution in [1.29, 1.82) is 0 Å². The molecule has 0 saturated heterocycles. The molecule has 0 unspecified atom stereocenters. The predicted octanol–water partition coefficient (Wildman–Crippen LogP) is 2.72. The van der Waals surface area contributed by atoms with Crippen LogP contribution in [0, 0.1) is 6.92 Å². The van der Waals surface area contributed by atoms with E-state index in [0.29, 0.717) is 17.5 Å². The van der Waals surface area contributed by atoms with Gasteiger partial charge in [0.1, 0.15) is 0 Å². The summed E-state index contributed by atoms with van der Waals surface area (Å²) in [7, 11) is 3.20. The van der Waals surface area contributed by atoms with Gasteiger partial charge in [-0.3, -0.25) is 0 Å². The summed E-state index contributed by atoms with van der Waals surface area (Å²) < 4.78 is 12.5. The number of hydrogen-bond acceptors (Lipinski definition) is 4. The van der Waals surface area contributed by atoms with E-state index in [1.54, 1.807) is 20.3 Å². The molecule has 102 valence electrons. The van der Waals surface area contributed by atoms with Crippen LogP contribution in [0.4, 0.5) is 0 Å². The maximum absolute atomic E-state index is 5.45. The number of nitrogens with zero attached hydrogens (tertiary/aromatic N) is 3. The Balaban J connectivity index is 2.35. The monoisotopic (exact) mass is 269 g/mol. The zero-order chi connectivity index (χ0) is 14.1. The van der Waals surface area contributed by atoms with Crippen LogP contribution in [0.15, 0.2) is 36.4 Å². The maximum atomic E-state index is 5.45. The standard InChI is InChI=1S/C15H15N3O2/c1-10-14(11-7-5-4-6-8-11)18-13(20-3)9-12(19-2)17-15(18)16-10/h4-9H,1-3H3. The van der Waals surface area contributed by atoms with Crippen molar-refractivity contribution in [3.8, 4) is 23.0 Å². The lowest BCUT2D eigenvalue weighted by Crippen LogP contribution is -2.00. The Kier molecular flexibility index (Phi) is 3.02. The van der Waals surface area contributed by atoms with E-state index in [-0.39, 0.29) is 0 Å². The van der Waals surface area contributed by atoms with Gasteiger partial charge in [-0.1, -0.05) is 30.3 Å². The summed E-state index contributed by atoms with van der Waals surface area (Å²) in [6.07, 6.45) is 0. The van der Waals surface area contributed by atoms with Crippen molar-refractivity contribution >= 4 is 5.78 Å². The fourth-order valence-corrected chi connectivity index (χ4v) is 2.29. The fraction of sp³-hybridized carbons (Fsp3) is 0.200. The lowest BCUT2D eigenvalue weighted by molar-refractivity contribution is 0.370. The molecule has 0 spiro atoms. The van der Waals surface area contributed by atoms with Gasteiger partial charge in [-0.05, 0) is 6.92 Å². The second kappa shape index (κ2) is 4.85. The first-order valence-electron chi connectivity index (χ1n) is 6.28. The van der Waals surface area contributed by atoms with Gasteiger partial charge in [-0.25, -0.2) is 9.38 Å². The van der Waals surface area contributed by atoms with Crippen LogP contribution < -0.4 is 9.47 Å². The number of aryl methyl sites for hydroxylation is 1. The lowest BCUT2D eigenvalue weighted by atomic mass is 10.1. The molecule has 20 heavy (non-hydrogen) atoms. The highest BCUT2D eigenvalue weighted by Gasteiger charge is 2.16. The molecule has 3 rings (SSSR count). The van der Waals surface area contributed by atoms with Crippen molar-refractivity contribution in [3.63, 3.8) is 0 Å². The Morgan fingerprint density at radius 3 is 2.40 bits per heavy atom. The summed E-state index contributed by atoms with van der Waals surface area (Å²) in [4.78, 5) is 8.86. The molecule has 5 nitrogen and oxygen atoms in total. The molecule has 2 aromatic heterocycles. The highest BCUT2D eigenvalue weighted by atomic mass is 16.5. The average Bonchev–Trinajstić information content (AvgIpc) is 2.82. The molecule has 0 fully saturated rings. The van der Waals surface area contributed by atoms with Crippen molar-refractivity contribution in [2.24, 2.45) is 0 Å². The molecule has 0 saturated carbocycles. The van der Waals surface area contributed by atoms with E-state index in [1.165, 1.54) is 0 Å². The average molecular weight is 269 g/mol. The summed E-state index contributed by atoms with van der Waals surface area (Å²) in [5, 5.41) is 0. The van der Waals surface area contributed by atoms with Crippen LogP contribution in [-0.4, -0.2) is 28.6 Å². The third-order valence-electron chi connectivity index (χ3n) is 3.18. The lowest BCUT2D eigenvalue weighted by Gasteiger charge is -2.09. The van der Waals surface area contributed by atoms with E-state index >= 15 is 0 Å². The zero-order valence-electron chi connectivity index (χ0n) is 11.6. The topological polar surface area (TPSA) is 48.7 Å². The predicted molar refractivity (Wildman–Crippen MR) is 76.3 cm³/mol. The van der Waals surface area contributed by atoms with Crippen LogP contribution in [0.5, 0.6) is 11.8 Å². The first kappa shape index (κ1) is 12.5. The number of ether oxygens (including phenoxy) is 2. The summed E-state index contributed by atoms with van der Waals surface area (Å²) in [5.74, 6) is 1.70. The fourth-order valence-electron chi connectivity index (χ4n) is 2.29. The van der Waals surface area contributed by atoms with Gasteiger partial charge in [0.05, 0.1) is 31.7 Å². The minimum Gasteiger partial charge on any atom is -0.482 e. The molecule has 0 radical (unpaired) electrons. The highest BCUT2D eigenvalue weighted by Crippen LogP contribution is 2.29. The Hall–Kier alpha value is -2.56. The van der Waals surface area contributed by atoms with Crippen LogP contribution >= 0.6 is 0 Å². The third-order valence-corrected chi connectivity index (χ3v) is 3.18. The van der Waals surface area contributed by atoms with Crippen molar-refractivity contribution < 1.29 is 9.47 Å². The highest BCUT2D eigenvalue weighted by molar-refractivity contribution is 5.67. The van der Waals surface area contributed by atoms with Crippen LogP contribution in [0.25, 0.3) is 17.0 Å². The van der Waals surface area contributed by atoms with Gasteiger partial charge in [-0.15, -0.1) is 0 Å². The minimum atomic E-state index is 0.485.